The van der Waals surface area contributed by atoms with Gasteiger partial charge in [-0.3, -0.25) is 9.59 Å². The molecular weight excluding hydrogens is 387 g/mol. The Balaban J connectivity index is 2.51. The summed E-state index contributed by atoms with van der Waals surface area (Å²) in [6.45, 7) is 7.59. The second-order valence-electron chi connectivity index (χ2n) is 7.22. The molecule has 0 bridgehead atoms. The predicted octanol–water partition coefficient (Wildman–Crippen LogP) is 3.40. The third kappa shape index (κ3) is 3.40. The molecule has 6 nitrogen and oxygen atoms in total. The number of rotatable bonds is 5. The Morgan fingerprint density at radius 1 is 0.867 bits per heavy atom. The SMILES string of the molecule is CCn1c(C)cc(O)c(C(c2ccccc2F)c2c(O)cc(C)n(CC)c2=O)c1=O. The Hall–Kier alpha value is -3.35. The fourth-order valence-electron chi connectivity index (χ4n) is 4.03. The molecule has 2 aromatic heterocycles. The number of aryl methyl sites for hydroxylation is 2. The molecule has 0 spiro atoms. The summed E-state index contributed by atoms with van der Waals surface area (Å²) in [5.74, 6) is -2.62. The first-order valence-electron chi connectivity index (χ1n) is 9.83. The third-order valence-corrected chi connectivity index (χ3v) is 5.47. The van der Waals surface area contributed by atoms with Crippen LogP contribution < -0.4 is 11.1 Å². The van der Waals surface area contributed by atoms with Crippen LogP contribution in [-0.2, 0) is 13.1 Å². The van der Waals surface area contributed by atoms with Crippen molar-refractivity contribution >= 4 is 0 Å². The summed E-state index contributed by atoms with van der Waals surface area (Å²) in [5, 5.41) is 21.4. The first-order valence-corrected chi connectivity index (χ1v) is 9.83. The number of aromatic hydroxyl groups is 2. The van der Waals surface area contributed by atoms with Gasteiger partial charge in [0.1, 0.15) is 17.3 Å². The van der Waals surface area contributed by atoms with Crippen molar-refractivity contribution in [2.75, 3.05) is 0 Å². The molecule has 2 heterocycles. The molecule has 30 heavy (non-hydrogen) atoms. The van der Waals surface area contributed by atoms with Crippen molar-refractivity contribution in [3.05, 3.63) is 91.0 Å². The fourth-order valence-corrected chi connectivity index (χ4v) is 4.03. The van der Waals surface area contributed by atoms with Crippen LogP contribution in [0.15, 0.2) is 46.0 Å². The topological polar surface area (TPSA) is 84.5 Å². The third-order valence-electron chi connectivity index (χ3n) is 5.47. The van der Waals surface area contributed by atoms with Gasteiger partial charge in [-0.15, -0.1) is 0 Å². The van der Waals surface area contributed by atoms with Gasteiger partial charge in [-0.25, -0.2) is 4.39 Å². The number of hydrogen-bond donors (Lipinski definition) is 2. The molecule has 0 amide bonds. The molecule has 0 aliphatic rings. The van der Waals surface area contributed by atoms with E-state index in [2.05, 4.69) is 0 Å². The molecule has 0 radical (unpaired) electrons. The lowest BCUT2D eigenvalue weighted by atomic mass is 9.84. The van der Waals surface area contributed by atoms with Crippen LogP contribution >= 0.6 is 0 Å². The largest absolute Gasteiger partial charge is 0.507 e. The summed E-state index contributed by atoms with van der Waals surface area (Å²) in [5.41, 5.74) is -0.269. The molecule has 0 atom stereocenters. The summed E-state index contributed by atoms with van der Waals surface area (Å²) >= 11 is 0. The first kappa shape index (κ1) is 21.4. The summed E-state index contributed by atoms with van der Waals surface area (Å²) in [7, 11) is 0. The van der Waals surface area contributed by atoms with E-state index in [9.17, 15) is 24.2 Å². The molecule has 1 aromatic carbocycles. The van der Waals surface area contributed by atoms with Crippen LogP contribution in [0.5, 0.6) is 11.5 Å². The van der Waals surface area contributed by atoms with Crippen LogP contribution in [0.2, 0.25) is 0 Å². The predicted molar refractivity (Wildman–Crippen MR) is 113 cm³/mol. The molecule has 2 N–H and O–H groups in total. The van der Waals surface area contributed by atoms with Gasteiger partial charge in [-0.2, -0.15) is 0 Å². The Labute approximate surface area is 173 Å². The van der Waals surface area contributed by atoms with E-state index in [4.69, 9.17) is 0 Å². The Morgan fingerprint density at radius 3 is 1.70 bits per heavy atom. The minimum absolute atomic E-state index is 0.0234. The van der Waals surface area contributed by atoms with E-state index in [1.807, 2.05) is 0 Å². The van der Waals surface area contributed by atoms with Crippen LogP contribution in [0.25, 0.3) is 0 Å². The Bertz CT molecular complexity index is 1150. The maximum Gasteiger partial charge on any atom is 0.258 e. The molecular formula is C23H25FN2O4. The van der Waals surface area contributed by atoms with E-state index in [1.54, 1.807) is 33.8 Å². The summed E-state index contributed by atoms with van der Waals surface area (Å²) in [4.78, 5) is 26.6. The van der Waals surface area contributed by atoms with Gasteiger partial charge in [0.2, 0.25) is 0 Å². The average molecular weight is 412 g/mol. The Kier molecular flexibility index (Phi) is 5.82. The highest BCUT2D eigenvalue weighted by molar-refractivity contribution is 5.52. The van der Waals surface area contributed by atoms with Crippen LogP contribution in [0.4, 0.5) is 4.39 Å². The van der Waals surface area contributed by atoms with Gasteiger partial charge in [-0.1, -0.05) is 18.2 Å². The maximum atomic E-state index is 14.9. The molecule has 0 unspecified atom stereocenters. The van der Waals surface area contributed by atoms with Crippen LogP contribution in [0, 0.1) is 19.7 Å². The molecule has 3 aromatic rings. The quantitative estimate of drug-likeness (QED) is 0.673. The first-order chi connectivity index (χ1) is 14.2. The number of hydrogen-bond acceptors (Lipinski definition) is 4. The molecule has 0 aliphatic heterocycles. The van der Waals surface area contributed by atoms with Gasteiger partial charge in [0, 0.05) is 30.0 Å². The van der Waals surface area contributed by atoms with Crippen molar-refractivity contribution in [3.63, 3.8) is 0 Å². The smallest absolute Gasteiger partial charge is 0.258 e. The normalized spacial score (nSPS) is 11.3. The lowest BCUT2D eigenvalue weighted by molar-refractivity contribution is 0.447. The van der Waals surface area contributed by atoms with Gasteiger partial charge < -0.3 is 19.3 Å². The Morgan fingerprint density at radius 2 is 1.30 bits per heavy atom. The van der Waals surface area contributed by atoms with E-state index >= 15 is 0 Å². The van der Waals surface area contributed by atoms with E-state index in [-0.39, 0.29) is 28.2 Å². The van der Waals surface area contributed by atoms with Crippen LogP contribution in [-0.4, -0.2) is 19.3 Å². The van der Waals surface area contributed by atoms with E-state index in [0.29, 0.717) is 24.5 Å². The van der Waals surface area contributed by atoms with E-state index in [1.165, 1.54) is 39.5 Å². The lowest BCUT2D eigenvalue weighted by Gasteiger charge is -2.23. The zero-order valence-electron chi connectivity index (χ0n) is 17.4. The zero-order valence-corrected chi connectivity index (χ0v) is 17.4. The second-order valence-corrected chi connectivity index (χ2v) is 7.22. The molecule has 0 saturated carbocycles. The molecule has 7 heteroatoms. The number of pyridine rings is 2. The minimum atomic E-state index is -1.28. The van der Waals surface area contributed by atoms with E-state index < -0.39 is 22.9 Å². The highest BCUT2D eigenvalue weighted by Crippen LogP contribution is 2.38. The van der Waals surface area contributed by atoms with Gasteiger partial charge in [0.25, 0.3) is 11.1 Å². The van der Waals surface area contributed by atoms with Gasteiger partial charge >= 0.3 is 0 Å². The second kappa shape index (κ2) is 8.18. The summed E-state index contributed by atoms with van der Waals surface area (Å²) in [6, 6.07) is 8.57. The van der Waals surface area contributed by atoms with Crippen molar-refractivity contribution in [1.29, 1.82) is 0 Å². The van der Waals surface area contributed by atoms with Crippen molar-refractivity contribution < 1.29 is 14.6 Å². The van der Waals surface area contributed by atoms with Gasteiger partial charge in [0.15, 0.2) is 0 Å². The van der Waals surface area contributed by atoms with Crippen LogP contribution in [0.3, 0.4) is 0 Å². The van der Waals surface area contributed by atoms with Crippen molar-refractivity contribution in [1.82, 2.24) is 9.13 Å². The van der Waals surface area contributed by atoms with Crippen molar-refractivity contribution in [3.8, 4) is 11.5 Å². The highest BCUT2D eigenvalue weighted by Gasteiger charge is 2.32. The van der Waals surface area contributed by atoms with Crippen LogP contribution in [0.1, 0.15) is 47.8 Å². The highest BCUT2D eigenvalue weighted by atomic mass is 19.1. The lowest BCUT2D eigenvalue weighted by Crippen LogP contribution is -2.32. The monoisotopic (exact) mass is 412 g/mol. The average Bonchev–Trinajstić information content (AvgIpc) is 2.67. The van der Waals surface area contributed by atoms with Gasteiger partial charge in [-0.05, 0) is 45.9 Å². The fraction of sp³-hybridized carbons (Fsp3) is 0.304. The maximum absolute atomic E-state index is 14.9. The number of halogens is 1. The number of aromatic nitrogens is 2. The molecule has 0 aliphatic carbocycles. The molecule has 0 saturated heterocycles. The van der Waals surface area contributed by atoms with Crippen molar-refractivity contribution in [2.45, 2.75) is 46.7 Å². The van der Waals surface area contributed by atoms with Gasteiger partial charge in [0.05, 0.1) is 17.0 Å². The number of benzene rings is 1. The number of nitrogens with zero attached hydrogens (tertiary/aromatic N) is 2. The van der Waals surface area contributed by atoms with E-state index in [0.717, 1.165) is 0 Å². The van der Waals surface area contributed by atoms with Crippen molar-refractivity contribution in [2.24, 2.45) is 0 Å². The summed E-state index contributed by atoms with van der Waals surface area (Å²) in [6.07, 6.45) is 0. The minimum Gasteiger partial charge on any atom is -0.507 e. The molecule has 3 rings (SSSR count). The standard InChI is InChI=1S/C23H25FN2O4/c1-5-25-13(3)11-17(27)20(22(25)29)19(15-9-7-8-10-16(15)24)21-18(28)12-14(4)26(6-2)23(21)30/h7-12,19,27-28H,5-6H2,1-4H3. The summed E-state index contributed by atoms with van der Waals surface area (Å²) < 4.78 is 17.8. The molecule has 0 fully saturated rings. The molecule has 158 valence electrons. The zero-order chi connectivity index (χ0) is 22.2.